The summed E-state index contributed by atoms with van der Waals surface area (Å²) in [6.45, 7) is 3.49. The summed E-state index contributed by atoms with van der Waals surface area (Å²) in [6, 6.07) is 15.1. The van der Waals surface area contributed by atoms with Gasteiger partial charge < -0.3 is 24.3 Å². The fourth-order valence-corrected chi connectivity index (χ4v) is 3.60. The molecule has 0 aliphatic carbocycles. The number of amides is 1. The number of methoxy groups -OCH3 is 1. The van der Waals surface area contributed by atoms with Gasteiger partial charge in [-0.1, -0.05) is 12.1 Å². The van der Waals surface area contributed by atoms with Crippen LogP contribution in [0.1, 0.15) is 38.9 Å². The predicted molar refractivity (Wildman–Crippen MR) is 133 cm³/mol. The lowest BCUT2D eigenvalue weighted by Gasteiger charge is -2.12. The average Bonchev–Trinajstić information content (AvgIpc) is 2.89. The number of aryl methyl sites for hydroxylation is 1. The second-order valence-corrected chi connectivity index (χ2v) is 7.77. The Kier molecular flexibility index (Phi) is 7.41. The summed E-state index contributed by atoms with van der Waals surface area (Å²) in [5.74, 6) is -0.423. The Balaban J connectivity index is 1.85. The first-order valence-corrected chi connectivity index (χ1v) is 11.2. The number of para-hydroxylation sites is 2. The van der Waals surface area contributed by atoms with Gasteiger partial charge in [0, 0.05) is 17.1 Å². The van der Waals surface area contributed by atoms with Gasteiger partial charge in [-0.25, -0.2) is 9.79 Å². The number of aromatic nitrogens is 1. The molecule has 0 atom stereocenters. The van der Waals surface area contributed by atoms with Crippen molar-refractivity contribution in [1.29, 1.82) is 0 Å². The molecule has 184 valence electrons. The molecule has 0 saturated carbocycles. The van der Waals surface area contributed by atoms with E-state index >= 15 is 0 Å². The molecule has 0 fully saturated rings. The zero-order valence-corrected chi connectivity index (χ0v) is 20.1. The normalized spacial score (nSPS) is 11.4. The van der Waals surface area contributed by atoms with Crippen LogP contribution < -0.4 is 15.6 Å². The molecule has 9 nitrogen and oxygen atoms in total. The Labute approximate surface area is 207 Å². The van der Waals surface area contributed by atoms with Crippen molar-refractivity contribution in [1.82, 2.24) is 4.98 Å². The fraction of sp³-hybridized carbons (Fsp3) is 0.185. The topological polar surface area (TPSA) is 123 Å². The van der Waals surface area contributed by atoms with Crippen LogP contribution in [-0.4, -0.2) is 35.7 Å². The lowest BCUT2D eigenvalue weighted by Crippen LogP contribution is -2.22. The maximum Gasteiger partial charge on any atom is 0.338 e. The summed E-state index contributed by atoms with van der Waals surface area (Å²) < 4.78 is 16.4. The summed E-state index contributed by atoms with van der Waals surface area (Å²) >= 11 is 0. The Bertz CT molecular complexity index is 1490. The average molecular weight is 488 g/mol. The molecule has 4 rings (SSSR count). The number of rotatable bonds is 7. The van der Waals surface area contributed by atoms with Gasteiger partial charge in [0.15, 0.2) is 5.58 Å². The number of carbonyl (C=O) groups is 2. The summed E-state index contributed by atoms with van der Waals surface area (Å²) in [4.78, 5) is 34.2. The van der Waals surface area contributed by atoms with Crippen LogP contribution in [-0.2, 0) is 11.3 Å². The number of benzene rings is 2. The molecule has 0 aliphatic rings. The van der Waals surface area contributed by atoms with Crippen LogP contribution in [0.3, 0.4) is 0 Å². The van der Waals surface area contributed by atoms with Gasteiger partial charge in [0.05, 0.1) is 43.0 Å². The van der Waals surface area contributed by atoms with Crippen molar-refractivity contribution in [3.63, 3.8) is 0 Å². The zero-order valence-electron chi connectivity index (χ0n) is 20.1. The van der Waals surface area contributed by atoms with Crippen LogP contribution in [0, 0.1) is 6.92 Å². The smallest absolute Gasteiger partial charge is 0.338 e. The molecule has 2 heterocycles. The van der Waals surface area contributed by atoms with Crippen LogP contribution in [0.25, 0.3) is 11.0 Å². The van der Waals surface area contributed by atoms with Crippen molar-refractivity contribution >= 4 is 34.2 Å². The first kappa shape index (κ1) is 24.6. The summed E-state index contributed by atoms with van der Waals surface area (Å²) in [5, 5.41) is 13.2. The first-order chi connectivity index (χ1) is 17.4. The second kappa shape index (κ2) is 10.8. The van der Waals surface area contributed by atoms with Gasteiger partial charge >= 0.3 is 5.97 Å². The van der Waals surface area contributed by atoms with E-state index in [9.17, 15) is 14.7 Å². The molecule has 0 spiro atoms. The number of carbonyl (C=O) groups excluding carboxylic acids is 2. The molecule has 0 bridgehead atoms. The summed E-state index contributed by atoms with van der Waals surface area (Å²) in [7, 11) is 1.51. The number of esters is 1. The lowest BCUT2D eigenvalue weighted by atomic mass is 10.1. The Morgan fingerprint density at radius 3 is 2.58 bits per heavy atom. The number of aliphatic hydroxyl groups excluding tert-OH is 1. The molecule has 2 aromatic carbocycles. The monoisotopic (exact) mass is 487 g/mol. The van der Waals surface area contributed by atoms with Crippen molar-refractivity contribution in [3.05, 3.63) is 88.7 Å². The maximum atomic E-state index is 13.4. The molecule has 36 heavy (non-hydrogen) atoms. The van der Waals surface area contributed by atoms with Crippen LogP contribution in [0.2, 0.25) is 0 Å². The van der Waals surface area contributed by atoms with Gasteiger partial charge in [-0.3, -0.25) is 9.78 Å². The molecule has 2 aromatic heterocycles. The van der Waals surface area contributed by atoms with Crippen molar-refractivity contribution in [3.8, 4) is 5.75 Å². The van der Waals surface area contributed by atoms with E-state index in [4.69, 9.17) is 13.9 Å². The molecule has 0 aliphatic heterocycles. The van der Waals surface area contributed by atoms with Gasteiger partial charge in [-0.2, -0.15) is 0 Å². The maximum absolute atomic E-state index is 13.4. The molecule has 0 unspecified atom stereocenters. The molecular formula is C27H25N3O6. The second-order valence-electron chi connectivity index (χ2n) is 7.77. The predicted octanol–water partition coefficient (Wildman–Crippen LogP) is 4.30. The molecular weight excluding hydrogens is 462 g/mol. The highest BCUT2D eigenvalue weighted by atomic mass is 16.5. The standard InChI is InChI=1S/C27H25N3O6/c1-4-35-27(33)17-9-11-19(12-10-17)29-26-21(25(32)30-22-7-5-6-8-23(22)34-3)13-20-18(15-31)14-28-16(2)24(20)36-26/h5-14,31H,4,15H2,1-3H3,(H,30,32). The highest BCUT2D eigenvalue weighted by Crippen LogP contribution is 2.25. The minimum absolute atomic E-state index is 0.0405. The number of aliphatic hydroxyl groups is 1. The number of hydrogen-bond acceptors (Lipinski definition) is 8. The van der Waals surface area contributed by atoms with Crippen molar-refractivity contribution in [2.45, 2.75) is 20.5 Å². The van der Waals surface area contributed by atoms with Gasteiger partial charge in [-0.15, -0.1) is 0 Å². The Morgan fingerprint density at radius 1 is 1.14 bits per heavy atom. The van der Waals surface area contributed by atoms with Crippen LogP contribution >= 0.6 is 0 Å². The number of pyridine rings is 1. The summed E-state index contributed by atoms with van der Waals surface area (Å²) in [6.07, 6.45) is 1.54. The van der Waals surface area contributed by atoms with Crippen molar-refractivity contribution in [2.24, 2.45) is 4.99 Å². The molecule has 0 saturated heterocycles. The van der Waals surface area contributed by atoms with E-state index in [1.165, 1.54) is 7.11 Å². The Hall–Kier alpha value is -4.50. The molecule has 0 radical (unpaired) electrons. The number of nitrogens with one attached hydrogen (secondary N) is 1. The van der Waals surface area contributed by atoms with E-state index in [1.54, 1.807) is 74.6 Å². The van der Waals surface area contributed by atoms with E-state index in [2.05, 4.69) is 15.3 Å². The molecule has 4 aromatic rings. The summed E-state index contributed by atoms with van der Waals surface area (Å²) in [5.41, 5.74) is 2.99. The third-order valence-electron chi connectivity index (χ3n) is 5.43. The van der Waals surface area contributed by atoms with E-state index in [1.807, 2.05) is 0 Å². The minimum Gasteiger partial charge on any atom is -0.495 e. The zero-order chi connectivity index (χ0) is 25.7. The first-order valence-electron chi connectivity index (χ1n) is 11.2. The van der Waals surface area contributed by atoms with Gasteiger partial charge in [0.25, 0.3) is 5.91 Å². The SMILES string of the molecule is CCOC(=O)c1ccc(N=c2oc3c(C)ncc(CO)c3cc2C(=O)Nc2ccccc2OC)cc1. The largest absolute Gasteiger partial charge is 0.495 e. The quantitative estimate of drug-likeness (QED) is 0.373. The highest BCUT2D eigenvalue weighted by Gasteiger charge is 2.18. The number of anilines is 1. The van der Waals surface area contributed by atoms with Gasteiger partial charge in [0.2, 0.25) is 5.55 Å². The van der Waals surface area contributed by atoms with Crippen LogP contribution in [0.15, 0.2) is 70.2 Å². The fourth-order valence-electron chi connectivity index (χ4n) is 3.60. The van der Waals surface area contributed by atoms with Crippen molar-refractivity contribution in [2.75, 3.05) is 19.0 Å². The van der Waals surface area contributed by atoms with E-state index < -0.39 is 11.9 Å². The van der Waals surface area contributed by atoms with E-state index in [0.717, 1.165) is 0 Å². The number of hydrogen-bond donors (Lipinski definition) is 2. The Morgan fingerprint density at radius 2 is 1.89 bits per heavy atom. The molecule has 9 heteroatoms. The van der Waals surface area contributed by atoms with Gasteiger partial charge in [0.1, 0.15) is 11.3 Å². The van der Waals surface area contributed by atoms with Crippen molar-refractivity contribution < 1.29 is 28.6 Å². The van der Waals surface area contributed by atoms with E-state index in [-0.39, 0.29) is 24.3 Å². The molecule has 1 amide bonds. The third kappa shape index (κ3) is 5.11. The third-order valence-corrected chi connectivity index (χ3v) is 5.43. The van der Waals surface area contributed by atoms with E-state index in [0.29, 0.717) is 44.9 Å². The number of fused-ring (bicyclic) bond motifs is 1. The number of ether oxygens (including phenoxy) is 2. The minimum atomic E-state index is -0.481. The molecule has 2 N–H and O–H groups in total. The highest BCUT2D eigenvalue weighted by molar-refractivity contribution is 6.06. The van der Waals surface area contributed by atoms with Gasteiger partial charge in [-0.05, 0) is 56.3 Å². The lowest BCUT2D eigenvalue weighted by molar-refractivity contribution is 0.0526. The van der Waals surface area contributed by atoms with Crippen LogP contribution in [0.4, 0.5) is 11.4 Å². The number of nitrogens with zero attached hydrogens (tertiary/aromatic N) is 2. The van der Waals surface area contributed by atoms with Crippen LogP contribution in [0.5, 0.6) is 5.75 Å².